The van der Waals surface area contributed by atoms with E-state index in [0.29, 0.717) is 0 Å². The zero-order valence-corrected chi connectivity index (χ0v) is 15.8. The molecular weight excluding hydrogens is 308 g/mol. The lowest BCUT2D eigenvalue weighted by molar-refractivity contribution is 0.573. The lowest BCUT2D eigenvalue weighted by atomic mass is 10.2. The topological polar surface area (TPSA) is 58.4 Å². The molecule has 1 aromatic rings. The molecule has 0 aliphatic carbocycles. The van der Waals surface area contributed by atoms with Crippen LogP contribution in [0.4, 0.5) is 0 Å². The summed E-state index contributed by atoms with van der Waals surface area (Å²) in [6.07, 6.45) is 4.07. The number of hydrogen-bond donors (Lipinski definition) is 2. The summed E-state index contributed by atoms with van der Waals surface area (Å²) in [5.74, 6) is 0.834. The lowest BCUT2D eigenvalue weighted by Crippen LogP contribution is -2.43. The molecule has 0 aliphatic heterocycles. The molecule has 0 fully saturated rings. The van der Waals surface area contributed by atoms with Gasteiger partial charge in [0.15, 0.2) is 5.96 Å². The normalized spacial score (nSPS) is 12.3. The minimum absolute atomic E-state index is 0.0785. The molecule has 2 N–H and O–H groups in total. The maximum absolute atomic E-state index is 11.8. The predicted octanol–water partition coefficient (Wildman–Crippen LogP) is 2.24. The highest BCUT2D eigenvalue weighted by atomic mass is 32.2. The summed E-state index contributed by atoms with van der Waals surface area (Å²) >= 11 is 1.83. The van der Waals surface area contributed by atoms with Gasteiger partial charge >= 0.3 is 0 Å². The number of aromatic nitrogens is 1. The van der Waals surface area contributed by atoms with Crippen LogP contribution in [0.15, 0.2) is 28.0 Å². The summed E-state index contributed by atoms with van der Waals surface area (Å²) in [5.41, 5.74) is 1.09. The van der Waals surface area contributed by atoms with Crippen LogP contribution in [0.1, 0.15) is 32.4 Å². The van der Waals surface area contributed by atoms with E-state index in [9.17, 15) is 4.79 Å². The molecule has 1 heterocycles. The standard InChI is InChI=1S/C17H30N4OS/c1-14-9-8-10-15(22)21(14)12-7-6-11-19-16(18-4)20-13-17(2,3)23-5/h8-10H,6-7,11-13H2,1-5H3,(H2,18,19,20). The molecule has 0 spiro atoms. The molecule has 0 unspecified atom stereocenters. The third-order valence-corrected chi connectivity index (χ3v) is 5.08. The van der Waals surface area contributed by atoms with Crippen molar-refractivity contribution in [3.05, 3.63) is 34.2 Å². The van der Waals surface area contributed by atoms with Crippen molar-refractivity contribution >= 4 is 17.7 Å². The van der Waals surface area contributed by atoms with E-state index in [0.717, 1.165) is 44.1 Å². The van der Waals surface area contributed by atoms with E-state index < -0.39 is 0 Å². The van der Waals surface area contributed by atoms with Crippen LogP contribution in [-0.2, 0) is 6.54 Å². The first-order valence-electron chi connectivity index (χ1n) is 8.06. The summed E-state index contributed by atoms with van der Waals surface area (Å²) in [5, 5.41) is 6.67. The summed E-state index contributed by atoms with van der Waals surface area (Å²) in [6.45, 7) is 8.86. The van der Waals surface area contributed by atoms with Gasteiger partial charge in [0.05, 0.1) is 0 Å². The van der Waals surface area contributed by atoms with Crippen LogP contribution in [0.3, 0.4) is 0 Å². The van der Waals surface area contributed by atoms with Gasteiger partial charge in [0.2, 0.25) is 0 Å². The van der Waals surface area contributed by atoms with Crippen LogP contribution < -0.4 is 16.2 Å². The predicted molar refractivity (Wildman–Crippen MR) is 102 cm³/mol. The van der Waals surface area contributed by atoms with Gasteiger partial charge in [-0.05, 0) is 45.9 Å². The van der Waals surface area contributed by atoms with E-state index in [1.807, 2.05) is 35.4 Å². The molecule has 0 aliphatic rings. The number of pyridine rings is 1. The Morgan fingerprint density at radius 1 is 1.30 bits per heavy atom. The molecule has 23 heavy (non-hydrogen) atoms. The van der Waals surface area contributed by atoms with E-state index in [2.05, 4.69) is 35.7 Å². The van der Waals surface area contributed by atoms with Gasteiger partial charge in [-0.15, -0.1) is 0 Å². The Balaban J connectivity index is 2.29. The second-order valence-corrected chi connectivity index (χ2v) is 7.69. The molecule has 5 nitrogen and oxygen atoms in total. The Bertz CT molecular complexity index is 566. The van der Waals surface area contributed by atoms with Gasteiger partial charge < -0.3 is 15.2 Å². The Morgan fingerprint density at radius 2 is 2.04 bits per heavy atom. The lowest BCUT2D eigenvalue weighted by Gasteiger charge is -2.23. The number of guanidine groups is 1. The van der Waals surface area contributed by atoms with E-state index in [-0.39, 0.29) is 10.3 Å². The van der Waals surface area contributed by atoms with Crippen LogP contribution in [0.2, 0.25) is 0 Å². The van der Waals surface area contributed by atoms with E-state index >= 15 is 0 Å². The molecule has 1 aromatic heterocycles. The maximum atomic E-state index is 11.8. The number of hydrogen-bond acceptors (Lipinski definition) is 3. The van der Waals surface area contributed by atoms with Crippen molar-refractivity contribution in [3.63, 3.8) is 0 Å². The molecule has 0 atom stereocenters. The number of unbranched alkanes of at least 4 members (excludes halogenated alkanes) is 1. The van der Waals surface area contributed by atoms with Crippen molar-refractivity contribution in [2.45, 2.75) is 44.9 Å². The average molecular weight is 339 g/mol. The molecule has 1 rings (SSSR count). The van der Waals surface area contributed by atoms with Gasteiger partial charge in [-0.3, -0.25) is 9.79 Å². The van der Waals surface area contributed by atoms with Gasteiger partial charge in [-0.1, -0.05) is 6.07 Å². The molecule has 0 saturated heterocycles. The zero-order valence-electron chi connectivity index (χ0n) is 15.0. The second-order valence-electron chi connectivity index (χ2n) is 6.18. The number of aryl methyl sites for hydroxylation is 1. The fourth-order valence-corrected chi connectivity index (χ4v) is 2.32. The maximum Gasteiger partial charge on any atom is 0.250 e. The highest BCUT2D eigenvalue weighted by Gasteiger charge is 2.15. The first kappa shape index (κ1) is 19.6. The molecule has 0 bridgehead atoms. The molecule has 0 saturated carbocycles. The Hall–Kier alpha value is -1.43. The van der Waals surface area contributed by atoms with Crippen LogP contribution in [0.25, 0.3) is 0 Å². The average Bonchev–Trinajstić information content (AvgIpc) is 2.52. The summed E-state index contributed by atoms with van der Waals surface area (Å²) in [7, 11) is 1.79. The fraction of sp³-hybridized carbons (Fsp3) is 0.647. The highest BCUT2D eigenvalue weighted by Crippen LogP contribution is 2.19. The first-order chi connectivity index (χ1) is 10.9. The monoisotopic (exact) mass is 338 g/mol. The Labute approximate surface area is 144 Å². The van der Waals surface area contributed by atoms with Crippen LogP contribution in [0.5, 0.6) is 0 Å². The van der Waals surface area contributed by atoms with Crippen LogP contribution >= 0.6 is 11.8 Å². The Kier molecular flexibility index (Phi) is 8.23. The molecule has 0 aromatic carbocycles. The van der Waals surface area contributed by atoms with E-state index in [1.54, 1.807) is 13.1 Å². The van der Waals surface area contributed by atoms with Crippen LogP contribution in [-0.4, -0.2) is 41.7 Å². The number of thioether (sulfide) groups is 1. The highest BCUT2D eigenvalue weighted by molar-refractivity contribution is 7.99. The van der Waals surface area contributed by atoms with Crippen molar-refractivity contribution in [2.24, 2.45) is 4.99 Å². The Morgan fingerprint density at radius 3 is 2.65 bits per heavy atom. The minimum atomic E-state index is 0.0785. The van der Waals surface area contributed by atoms with Crippen molar-refractivity contribution in [1.82, 2.24) is 15.2 Å². The molecule has 6 heteroatoms. The zero-order chi connectivity index (χ0) is 17.3. The number of rotatable bonds is 8. The molecular formula is C17H30N4OS. The minimum Gasteiger partial charge on any atom is -0.356 e. The van der Waals surface area contributed by atoms with Gasteiger partial charge in [0, 0.05) is 43.2 Å². The molecule has 130 valence electrons. The van der Waals surface area contributed by atoms with Crippen molar-refractivity contribution in [1.29, 1.82) is 0 Å². The first-order valence-corrected chi connectivity index (χ1v) is 9.28. The summed E-state index contributed by atoms with van der Waals surface area (Å²) < 4.78 is 2.01. The van der Waals surface area contributed by atoms with Crippen molar-refractivity contribution in [2.75, 3.05) is 26.4 Å². The van der Waals surface area contributed by atoms with Gasteiger partial charge in [0.25, 0.3) is 5.56 Å². The number of nitrogens with one attached hydrogen (secondary N) is 2. The van der Waals surface area contributed by atoms with Gasteiger partial charge in [-0.2, -0.15) is 11.8 Å². The number of nitrogens with zero attached hydrogens (tertiary/aromatic N) is 2. The quantitative estimate of drug-likeness (QED) is 0.434. The second kappa shape index (κ2) is 9.65. The largest absolute Gasteiger partial charge is 0.356 e. The fourth-order valence-electron chi connectivity index (χ4n) is 2.10. The third kappa shape index (κ3) is 7.12. The van der Waals surface area contributed by atoms with E-state index in [1.165, 1.54) is 0 Å². The number of aliphatic imine (C=N–C) groups is 1. The van der Waals surface area contributed by atoms with E-state index in [4.69, 9.17) is 0 Å². The van der Waals surface area contributed by atoms with Gasteiger partial charge in [-0.25, -0.2) is 0 Å². The van der Waals surface area contributed by atoms with Crippen LogP contribution in [0, 0.1) is 6.92 Å². The smallest absolute Gasteiger partial charge is 0.250 e. The van der Waals surface area contributed by atoms with Crippen molar-refractivity contribution < 1.29 is 0 Å². The SMILES string of the molecule is CN=C(NCCCCn1c(C)cccc1=O)NCC(C)(C)SC. The molecule has 0 amide bonds. The molecule has 0 radical (unpaired) electrons. The third-order valence-electron chi connectivity index (χ3n) is 3.83. The van der Waals surface area contributed by atoms with Gasteiger partial charge in [0.1, 0.15) is 0 Å². The summed E-state index contributed by atoms with van der Waals surface area (Å²) in [4.78, 5) is 16.0. The van der Waals surface area contributed by atoms with Crippen molar-refractivity contribution in [3.8, 4) is 0 Å². The summed E-state index contributed by atoms with van der Waals surface area (Å²) in [6, 6.07) is 5.39.